The van der Waals surface area contributed by atoms with Crippen molar-refractivity contribution >= 4 is 17.7 Å². The summed E-state index contributed by atoms with van der Waals surface area (Å²) >= 11 is 0. The van der Waals surface area contributed by atoms with Crippen LogP contribution in [0.5, 0.6) is 0 Å². The molecule has 4 nitrogen and oxygen atoms in total. The van der Waals surface area contributed by atoms with Gasteiger partial charge in [0.2, 0.25) is 5.91 Å². The predicted octanol–water partition coefficient (Wildman–Crippen LogP) is 3.59. The first-order valence-corrected chi connectivity index (χ1v) is 7.16. The molecule has 0 saturated heterocycles. The van der Waals surface area contributed by atoms with Crippen molar-refractivity contribution in [3.05, 3.63) is 53.9 Å². The molecule has 2 rings (SSSR count). The van der Waals surface area contributed by atoms with Gasteiger partial charge in [0, 0.05) is 30.6 Å². The summed E-state index contributed by atoms with van der Waals surface area (Å²) in [6.45, 7) is 4.31. The summed E-state index contributed by atoms with van der Waals surface area (Å²) in [6.07, 6.45) is 7.91. The third-order valence-electron chi connectivity index (χ3n) is 3.51. The minimum atomic E-state index is -0.130. The summed E-state index contributed by atoms with van der Waals surface area (Å²) in [5, 5.41) is 7.01. The standard InChI is InChI=1S/C17H21N3O/c1-4-13(2)15-7-5-6-8-16(15)19-17(21)10-9-14-11-18-20(3)12-14/h5-13H,4H2,1-3H3,(H,19,21)/b10-9+. The lowest BCUT2D eigenvalue weighted by molar-refractivity contribution is -0.111. The van der Waals surface area contributed by atoms with Gasteiger partial charge in [0.25, 0.3) is 0 Å². The maximum atomic E-state index is 12.0. The first kappa shape index (κ1) is 15.0. The molecule has 1 aromatic carbocycles. The molecule has 1 heterocycles. The molecule has 0 bridgehead atoms. The van der Waals surface area contributed by atoms with Gasteiger partial charge in [-0.05, 0) is 30.0 Å². The molecule has 0 spiro atoms. The van der Waals surface area contributed by atoms with Gasteiger partial charge in [-0.15, -0.1) is 0 Å². The average Bonchev–Trinajstić information content (AvgIpc) is 2.90. The van der Waals surface area contributed by atoms with Crippen LogP contribution in [0.25, 0.3) is 6.08 Å². The summed E-state index contributed by atoms with van der Waals surface area (Å²) in [5.41, 5.74) is 2.96. The van der Waals surface area contributed by atoms with Crippen LogP contribution in [0.15, 0.2) is 42.7 Å². The lowest BCUT2D eigenvalue weighted by Gasteiger charge is -2.14. The third-order valence-corrected chi connectivity index (χ3v) is 3.51. The number of nitrogens with zero attached hydrogens (tertiary/aromatic N) is 2. The van der Waals surface area contributed by atoms with Gasteiger partial charge < -0.3 is 5.32 Å². The van der Waals surface area contributed by atoms with E-state index in [0.717, 1.165) is 17.7 Å². The highest BCUT2D eigenvalue weighted by Gasteiger charge is 2.09. The second-order valence-corrected chi connectivity index (χ2v) is 5.17. The monoisotopic (exact) mass is 283 g/mol. The summed E-state index contributed by atoms with van der Waals surface area (Å²) in [4.78, 5) is 12.0. The van der Waals surface area contributed by atoms with Gasteiger partial charge in [-0.2, -0.15) is 5.10 Å². The smallest absolute Gasteiger partial charge is 0.248 e. The SMILES string of the molecule is CCC(C)c1ccccc1NC(=O)/C=C/c1cnn(C)c1. The quantitative estimate of drug-likeness (QED) is 0.852. The van der Waals surface area contributed by atoms with E-state index in [1.165, 1.54) is 11.6 Å². The highest BCUT2D eigenvalue weighted by atomic mass is 16.1. The van der Waals surface area contributed by atoms with Crippen LogP contribution in [-0.2, 0) is 11.8 Å². The van der Waals surface area contributed by atoms with Crippen LogP contribution in [0.3, 0.4) is 0 Å². The number of benzene rings is 1. The van der Waals surface area contributed by atoms with Crippen LogP contribution in [0.4, 0.5) is 5.69 Å². The van der Waals surface area contributed by atoms with Gasteiger partial charge in [-0.3, -0.25) is 9.48 Å². The van der Waals surface area contributed by atoms with Crippen LogP contribution in [0.1, 0.15) is 37.3 Å². The fourth-order valence-electron chi connectivity index (χ4n) is 2.13. The highest BCUT2D eigenvalue weighted by Crippen LogP contribution is 2.26. The van der Waals surface area contributed by atoms with Gasteiger partial charge in [-0.1, -0.05) is 32.0 Å². The van der Waals surface area contributed by atoms with Crippen LogP contribution in [0, 0.1) is 0 Å². The predicted molar refractivity (Wildman–Crippen MR) is 86.0 cm³/mol. The summed E-state index contributed by atoms with van der Waals surface area (Å²) in [6, 6.07) is 7.95. The molecular weight excluding hydrogens is 262 g/mol. The average molecular weight is 283 g/mol. The number of amides is 1. The summed E-state index contributed by atoms with van der Waals surface area (Å²) in [5.74, 6) is 0.290. The zero-order valence-corrected chi connectivity index (χ0v) is 12.7. The van der Waals surface area contributed by atoms with Crippen molar-refractivity contribution in [1.29, 1.82) is 0 Å². The van der Waals surface area contributed by atoms with E-state index in [9.17, 15) is 4.79 Å². The Kier molecular flexibility index (Phi) is 4.93. The molecule has 0 saturated carbocycles. The lowest BCUT2D eigenvalue weighted by Crippen LogP contribution is -2.10. The van der Waals surface area contributed by atoms with E-state index in [-0.39, 0.29) is 5.91 Å². The van der Waals surface area contributed by atoms with E-state index in [2.05, 4.69) is 30.3 Å². The van der Waals surface area contributed by atoms with Crippen molar-refractivity contribution in [2.24, 2.45) is 7.05 Å². The van der Waals surface area contributed by atoms with Crippen molar-refractivity contribution in [2.45, 2.75) is 26.2 Å². The first-order valence-electron chi connectivity index (χ1n) is 7.16. The van der Waals surface area contributed by atoms with Crippen LogP contribution < -0.4 is 5.32 Å². The fraction of sp³-hybridized carbons (Fsp3) is 0.294. The number of aromatic nitrogens is 2. The fourth-order valence-corrected chi connectivity index (χ4v) is 2.13. The Balaban J connectivity index is 2.08. The first-order chi connectivity index (χ1) is 10.1. The number of para-hydroxylation sites is 1. The van der Waals surface area contributed by atoms with Gasteiger partial charge >= 0.3 is 0 Å². The van der Waals surface area contributed by atoms with Crippen molar-refractivity contribution in [1.82, 2.24) is 9.78 Å². The third kappa shape index (κ3) is 4.05. The minimum Gasteiger partial charge on any atom is -0.322 e. The lowest BCUT2D eigenvalue weighted by atomic mass is 9.97. The van der Waals surface area contributed by atoms with E-state index in [4.69, 9.17) is 0 Å². The maximum absolute atomic E-state index is 12.0. The zero-order valence-electron chi connectivity index (χ0n) is 12.7. The molecule has 21 heavy (non-hydrogen) atoms. The van der Waals surface area contributed by atoms with E-state index in [1.54, 1.807) is 17.0 Å². The molecule has 1 atom stereocenters. The Bertz CT molecular complexity index is 643. The molecule has 0 aliphatic carbocycles. The molecule has 110 valence electrons. The van der Waals surface area contributed by atoms with Gasteiger partial charge in [0.15, 0.2) is 0 Å². The van der Waals surface area contributed by atoms with Crippen molar-refractivity contribution in [3.8, 4) is 0 Å². The topological polar surface area (TPSA) is 46.9 Å². The van der Waals surface area contributed by atoms with Crippen molar-refractivity contribution < 1.29 is 4.79 Å². The van der Waals surface area contributed by atoms with Crippen molar-refractivity contribution in [3.63, 3.8) is 0 Å². The van der Waals surface area contributed by atoms with Crippen molar-refractivity contribution in [2.75, 3.05) is 5.32 Å². The molecule has 0 aliphatic rings. The van der Waals surface area contributed by atoms with Crippen LogP contribution >= 0.6 is 0 Å². The Morgan fingerprint density at radius 2 is 2.19 bits per heavy atom. The largest absolute Gasteiger partial charge is 0.322 e. The number of carbonyl (C=O) groups excluding carboxylic acids is 1. The van der Waals surface area contributed by atoms with Gasteiger partial charge in [0.05, 0.1) is 6.20 Å². The number of anilines is 1. The van der Waals surface area contributed by atoms with Gasteiger partial charge in [0.1, 0.15) is 0 Å². The highest BCUT2D eigenvalue weighted by molar-refractivity contribution is 6.02. The van der Waals surface area contributed by atoms with Crippen LogP contribution in [0.2, 0.25) is 0 Å². The summed E-state index contributed by atoms with van der Waals surface area (Å²) < 4.78 is 1.70. The van der Waals surface area contributed by atoms with Gasteiger partial charge in [-0.25, -0.2) is 0 Å². The molecule has 0 fully saturated rings. The zero-order chi connectivity index (χ0) is 15.2. The Hall–Kier alpha value is -2.36. The normalized spacial score (nSPS) is 12.5. The molecule has 1 aromatic heterocycles. The van der Waals surface area contributed by atoms with E-state index in [0.29, 0.717) is 5.92 Å². The van der Waals surface area contributed by atoms with E-state index >= 15 is 0 Å². The number of hydrogen-bond donors (Lipinski definition) is 1. The number of rotatable bonds is 5. The second kappa shape index (κ2) is 6.88. The Morgan fingerprint density at radius 1 is 1.43 bits per heavy atom. The molecule has 0 aliphatic heterocycles. The number of hydrogen-bond acceptors (Lipinski definition) is 2. The molecular formula is C17H21N3O. The maximum Gasteiger partial charge on any atom is 0.248 e. The Labute approximate surface area is 125 Å². The molecule has 2 aromatic rings. The van der Waals surface area contributed by atoms with Crippen LogP contribution in [-0.4, -0.2) is 15.7 Å². The molecule has 1 N–H and O–H groups in total. The number of aryl methyl sites for hydroxylation is 1. The molecule has 1 amide bonds. The second-order valence-electron chi connectivity index (χ2n) is 5.17. The Morgan fingerprint density at radius 3 is 2.86 bits per heavy atom. The minimum absolute atomic E-state index is 0.130. The molecule has 4 heteroatoms. The van der Waals surface area contributed by atoms with E-state index in [1.807, 2.05) is 31.4 Å². The van der Waals surface area contributed by atoms with E-state index < -0.39 is 0 Å². The number of carbonyl (C=O) groups is 1. The molecule has 0 radical (unpaired) electrons. The summed E-state index contributed by atoms with van der Waals surface area (Å²) in [7, 11) is 1.85. The molecule has 1 unspecified atom stereocenters. The number of nitrogens with one attached hydrogen (secondary N) is 1.